The monoisotopic (exact) mass is 520 g/mol. The molecule has 5 N–H and O–H groups in total. The first kappa shape index (κ1) is 29.8. The van der Waals surface area contributed by atoms with Gasteiger partial charge in [-0.2, -0.15) is 0 Å². The number of anilines is 1. The third kappa shape index (κ3) is 8.56. The van der Waals surface area contributed by atoms with E-state index >= 15 is 0 Å². The average Bonchev–Trinajstić information content (AvgIpc) is 2.81. The Morgan fingerprint density at radius 2 is 1.95 bits per heavy atom. The summed E-state index contributed by atoms with van der Waals surface area (Å²) in [5.74, 6) is 2.53. The number of hydrogen-bond donors (Lipinski definition) is 3. The van der Waals surface area contributed by atoms with Crippen molar-refractivity contribution in [1.29, 1.82) is 0 Å². The normalized spacial score (nSPS) is 15.4. The molecule has 0 amide bonds. The summed E-state index contributed by atoms with van der Waals surface area (Å²) in [4.78, 5) is 27.9. The highest BCUT2D eigenvalue weighted by Gasteiger charge is 2.36. The molecule has 0 bridgehead atoms. The minimum Gasteiger partial charge on any atom is -0.481 e. The SMILES string of the molecule is CC(=O)O.CCCc1ccn(C/C(=C(/N)c2ccc(N3CCCC(F)(F)C3)c(CC)n2)N(C)N)c(=O)c1. The number of alkyl halides is 2. The van der Waals surface area contributed by atoms with Crippen molar-refractivity contribution in [3.05, 3.63) is 63.5 Å². The number of rotatable bonds is 8. The maximum atomic E-state index is 13.9. The fourth-order valence-corrected chi connectivity index (χ4v) is 4.18. The molecule has 1 aliphatic rings. The summed E-state index contributed by atoms with van der Waals surface area (Å²) in [5.41, 5.74) is 10.1. The van der Waals surface area contributed by atoms with Gasteiger partial charge in [-0.05, 0) is 43.0 Å². The topological polar surface area (TPSA) is 131 Å². The number of allylic oxidation sites excluding steroid dienone is 1. The van der Waals surface area contributed by atoms with Crippen LogP contribution in [0.2, 0.25) is 0 Å². The number of hydrogen-bond acceptors (Lipinski definition) is 7. The number of hydrazine groups is 1. The number of aryl methyl sites for hydroxylation is 2. The van der Waals surface area contributed by atoms with Crippen molar-refractivity contribution in [2.75, 3.05) is 25.0 Å². The van der Waals surface area contributed by atoms with E-state index in [1.807, 2.05) is 13.0 Å². The molecule has 1 fully saturated rings. The summed E-state index contributed by atoms with van der Waals surface area (Å²) in [6.45, 7) is 5.54. The molecule has 0 aromatic carbocycles. The molecule has 11 heteroatoms. The zero-order chi connectivity index (χ0) is 27.8. The van der Waals surface area contributed by atoms with Crippen LogP contribution in [-0.4, -0.2) is 51.7 Å². The number of aliphatic carboxylic acids is 1. The van der Waals surface area contributed by atoms with Crippen LogP contribution in [0.4, 0.5) is 14.5 Å². The van der Waals surface area contributed by atoms with Gasteiger partial charge in [-0.25, -0.2) is 19.6 Å². The number of nitrogens with two attached hydrogens (primary N) is 2. The molecule has 2 aromatic rings. The van der Waals surface area contributed by atoms with E-state index in [2.05, 4.69) is 11.9 Å². The van der Waals surface area contributed by atoms with Gasteiger partial charge in [-0.15, -0.1) is 0 Å². The molecule has 0 unspecified atom stereocenters. The predicted molar refractivity (Wildman–Crippen MR) is 141 cm³/mol. The average molecular weight is 521 g/mol. The molecule has 0 atom stereocenters. The molecule has 0 saturated carbocycles. The van der Waals surface area contributed by atoms with Crippen LogP contribution in [0.25, 0.3) is 5.70 Å². The van der Waals surface area contributed by atoms with E-state index in [1.165, 1.54) is 5.01 Å². The van der Waals surface area contributed by atoms with Gasteiger partial charge < -0.3 is 25.3 Å². The van der Waals surface area contributed by atoms with E-state index in [0.717, 1.165) is 25.3 Å². The van der Waals surface area contributed by atoms with Crippen molar-refractivity contribution in [2.24, 2.45) is 11.6 Å². The van der Waals surface area contributed by atoms with Crippen molar-refractivity contribution in [3.63, 3.8) is 0 Å². The number of carboxylic acids is 1. The lowest BCUT2D eigenvalue weighted by atomic mass is 10.1. The highest BCUT2D eigenvalue weighted by atomic mass is 19.3. The van der Waals surface area contributed by atoms with E-state index in [4.69, 9.17) is 21.5 Å². The van der Waals surface area contributed by atoms with Crippen LogP contribution >= 0.6 is 0 Å². The second-order valence-corrected chi connectivity index (χ2v) is 9.14. The number of halogens is 2. The van der Waals surface area contributed by atoms with E-state index in [1.54, 1.807) is 40.9 Å². The molecule has 0 aliphatic carbocycles. The van der Waals surface area contributed by atoms with Gasteiger partial charge in [0.2, 0.25) is 0 Å². The summed E-state index contributed by atoms with van der Waals surface area (Å²) in [5, 5.41) is 8.80. The zero-order valence-corrected chi connectivity index (χ0v) is 22.0. The quantitative estimate of drug-likeness (QED) is 0.357. The Bertz CT molecular complexity index is 1160. The molecule has 0 radical (unpaired) electrons. The molecule has 9 nitrogen and oxygen atoms in total. The number of piperidine rings is 1. The molecule has 0 spiro atoms. The maximum Gasteiger partial charge on any atom is 0.300 e. The zero-order valence-electron chi connectivity index (χ0n) is 22.0. The molecule has 2 aromatic heterocycles. The minimum absolute atomic E-state index is 0.0862. The summed E-state index contributed by atoms with van der Waals surface area (Å²) >= 11 is 0. The number of carboxylic acid groups (broad SMARTS) is 1. The van der Waals surface area contributed by atoms with E-state index in [0.29, 0.717) is 47.9 Å². The Balaban J connectivity index is 0.00000112. The van der Waals surface area contributed by atoms with Crippen LogP contribution in [0.5, 0.6) is 0 Å². The summed E-state index contributed by atoms with van der Waals surface area (Å²) in [6, 6.07) is 7.08. The second-order valence-electron chi connectivity index (χ2n) is 9.14. The highest BCUT2D eigenvalue weighted by Crippen LogP contribution is 2.32. The largest absolute Gasteiger partial charge is 0.481 e. The lowest BCUT2D eigenvalue weighted by Crippen LogP contribution is -2.43. The molecule has 3 rings (SSSR count). The molecule has 204 valence electrons. The van der Waals surface area contributed by atoms with Gasteiger partial charge in [0, 0.05) is 39.2 Å². The molecule has 1 aliphatic heterocycles. The van der Waals surface area contributed by atoms with Gasteiger partial charge >= 0.3 is 0 Å². The number of carbonyl (C=O) groups is 1. The Morgan fingerprint density at radius 1 is 1.27 bits per heavy atom. The first-order chi connectivity index (χ1) is 17.4. The number of aromatic nitrogens is 2. The van der Waals surface area contributed by atoms with Crippen molar-refractivity contribution < 1.29 is 18.7 Å². The van der Waals surface area contributed by atoms with Gasteiger partial charge in [0.1, 0.15) is 0 Å². The minimum atomic E-state index is -2.70. The number of likely N-dealkylation sites (N-methyl/N-ethyl adjacent to an activating group) is 1. The summed E-state index contributed by atoms with van der Waals surface area (Å²) < 4.78 is 29.4. The molecule has 37 heavy (non-hydrogen) atoms. The Labute approximate surface area is 216 Å². The van der Waals surface area contributed by atoms with E-state index < -0.39 is 11.9 Å². The standard InChI is InChI=1S/C24H34F2N6O.C2H4O2/c1-4-7-17-10-13-31(22(33)14-17)15-21(30(3)28)23(27)19-8-9-20(18(5-2)29-19)32-12-6-11-24(25,26)16-32;1-2(3)4/h8-10,13-14H,4-7,11-12,15-16,27-28H2,1-3H3;1H3,(H,3,4)/b23-21-;. The van der Waals surface area contributed by atoms with E-state index in [-0.39, 0.29) is 25.1 Å². The van der Waals surface area contributed by atoms with Crippen LogP contribution in [0.3, 0.4) is 0 Å². The summed E-state index contributed by atoms with van der Waals surface area (Å²) in [6.07, 6.45) is 4.48. The highest BCUT2D eigenvalue weighted by molar-refractivity contribution is 5.65. The Morgan fingerprint density at radius 3 is 2.49 bits per heavy atom. The predicted octanol–water partition coefficient (Wildman–Crippen LogP) is 3.22. The van der Waals surface area contributed by atoms with Crippen LogP contribution in [0.15, 0.2) is 41.0 Å². The lowest BCUT2D eigenvalue weighted by Gasteiger charge is -2.35. The van der Waals surface area contributed by atoms with Gasteiger partial charge in [0.05, 0.1) is 41.6 Å². The van der Waals surface area contributed by atoms with Gasteiger partial charge in [0.25, 0.3) is 17.5 Å². The van der Waals surface area contributed by atoms with Gasteiger partial charge in [-0.1, -0.05) is 20.3 Å². The van der Waals surface area contributed by atoms with Crippen molar-refractivity contribution in [2.45, 2.75) is 65.3 Å². The van der Waals surface area contributed by atoms with Crippen LogP contribution in [-0.2, 0) is 24.2 Å². The lowest BCUT2D eigenvalue weighted by molar-refractivity contribution is -0.134. The molecular formula is C26H38F2N6O3. The van der Waals surface area contributed by atoms with Crippen molar-refractivity contribution >= 4 is 17.4 Å². The maximum absolute atomic E-state index is 13.9. The number of nitrogens with zero attached hydrogens (tertiary/aromatic N) is 4. The Hall–Kier alpha value is -3.47. The number of pyridine rings is 2. The second kappa shape index (κ2) is 13.2. The third-order valence-electron chi connectivity index (χ3n) is 5.95. The van der Waals surface area contributed by atoms with Crippen LogP contribution in [0, 0.1) is 0 Å². The third-order valence-corrected chi connectivity index (χ3v) is 5.95. The summed E-state index contributed by atoms with van der Waals surface area (Å²) in [7, 11) is 1.66. The smallest absolute Gasteiger partial charge is 0.300 e. The first-order valence-corrected chi connectivity index (χ1v) is 12.4. The fourth-order valence-electron chi connectivity index (χ4n) is 4.18. The van der Waals surface area contributed by atoms with Crippen LogP contribution in [0.1, 0.15) is 57.0 Å². The van der Waals surface area contributed by atoms with Gasteiger partial charge in [-0.3, -0.25) is 9.59 Å². The van der Waals surface area contributed by atoms with E-state index in [9.17, 15) is 13.6 Å². The molecule has 3 heterocycles. The molecular weight excluding hydrogens is 482 g/mol. The first-order valence-electron chi connectivity index (χ1n) is 12.4. The molecule has 1 saturated heterocycles. The van der Waals surface area contributed by atoms with Crippen molar-refractivity contribution in [1.82, 2.24) is 14.6 Å². The Kier molecular flexibility index (Phi) is 10.6. The fraction of sp³-hybridized carbons (Fsp3) is 0.500. The van der Waals surface area contributed by atoms with Crippen molar-refractivity contribution in [3.8, 4) is 0 Å². The van der Waals surface area contributed by atoms with Crippen LogP contribution < -0.4 is 22.0 Å². The van der Waals surface area contributed by atoms with Gasteiger partial charge in [0.15, 0.2) is 0 Å².